The van der Waals surface area contributed by atoms with Crippen molar-refractivity contribution in [2.45, 2.75) is 38.5 Å². The summed E-state index contributed by atoms with van der Waals surface area (Å²) in [4.78, 5) is 22.4. The highest BCUT2D eigenvalue weighted by molar-refractivity contribution is 6.29. The van der Waals surface area contributed by atoms with Gasteiger partial charge in [-0.15, -0.1) is 0 Å². The van der Waals surface area contributed by atoms with Crippen LogP contribution < -0.4 is 20.1 Å². The Morgan fingerprint density at radius 2 is 1.97 bits per heavy atom. The van der Waals surface area contributed by atoms with Crippen LogP contribution in [-0.2, 0) is 13.2 Å². The predicted octanol–water partition coefficient (Wildman–Crippen LogP) is 4.31. The third kappa shape index (κ3) is 4.00. The van der Waals surface area contributed by atoms with Crippen molar-refractivity contribution in [2.24, 2.45) is 0 Å². The molecule has 10 heteroatoms. The van der Waals surface area contributed by atoms with Crippen molar-refractivity contribution in [1.29, 1.82) is 0 Å². The zero-order valence-corrected chi connectivity index (χ0v) is 17.7. The minimum Gasteiger partial charge on any atom is -0.473 e. The smallest absolute Gasteiger partial charge is 0.352 e. The number of fused-ring (bicyclic) bond motifs is 3. The number of piperidine rings is 1. The van der Waals surface area contributed by atoms with Crippen molar-refractivity contribution in [3.8, 4) is 17.4 Å². The standard InChI is InChI=1S/C22H19ClF2N4O3/c23-18-9-15(4-5-26-18)32-21-16(24)7-13(8-17(21)25)12-31-19-10-20-28-6-2-1-3-14(28)11-29(20)22(30)27-19/h4-5,7-10,14H,1-3,6,11-12H2. The molecule has 2 aliphatic heterocycles. The molecule has 2 aromatic heterocycles. The fourth-order valence-electron chi connectivity index (χ4n) is 4.18. The number of pyridine rings is 1. The van der Waals surface area contributed by atoms with Gasteiger partial charge >= 0.3 is 5.69 Å². The first-order valence-corrected chi connectivity index (χ1v) is 10.6. The Balaban J connectivity index is 1.32. The van der Waals surface area contributed by atoms with Gasteiger partial charge in [-0.25, -0.2) is 18.6 Å². The molecule has 2 aliphatic rings. The minimum atomic E-state index is -0.894. The number of hydrogen-bond donors (Lipinski definition) is 0. The molecule has 4 heterocycles. The number of hydrogen-bond acceptors (Lipinski definition) is 6. The first kappa shape index (κ1) is 20.7. The third-order valence-electron chi connectivity index (χ3n) is 5.64. The molecule has 5 rings (SSSR count). The second-order valence-corrected chi connectivity index (χ2v) is 8.17. The van der Waals surface area contributed by atoms with E-state index in [1.165, 1.54) is 18.3 Å². The largest absolute Gasteiger partial charge is 0.473 e. The van der Waals surface area contributed by atoms with Gasteiger partial charge in [-0.05, 0) is 43.0 Å². The normalized spacial score (nSPS) is 17.1. The maximum absolute atomic E-state index is 14.5. The highest BCUT2D eigenvalue weighted by atomic mass is 35.5. The number of benzene rings is 1. The average molecular weight is 461 g/mol. The summed E-state index contributed by atoms with van der Waals surface area (Å²) in [7, 11) is 0. The Morgan fingerprint density at radius 1 is 1.16 bits per heavy atom. The average Bonchev–Trinajstić information content (AvgIpc) is 3.14. The van der Waals surface area contributed by atoms with Crippen LogP contribution >= 0.6 is 11.6 Å². The topological polar surface area (TPSA) is 69.5 Å². The zero-order valence-electron chi connectivity index (χ0n) is 16.9. The van der Waals surface area contributed by atoms with Gasteiger partial charge in [0.05, 0.1) is 0 Å². The van der Waals surface area contributed by atoms with Crippen molar-refractivity contribution in [3.63, 3.8) is 0 Å². The quantitative estimate of drug-likeness (QED) is 0.528. The van der Waals surface area contributed by atoms with E-state index in [0.29, 0.717) is 12.6 Å². The van der Waals surface area contributed by atoms with Crippen LogP contribution in [0.3, 0.4) is 0 Å². The van der Waals surface area contributed by atoms with Crippen LogP contribution in [0.5, 0.6) is 17.4 Å². The molecule has 0 aliphatic carbocycles. The van der Waals surface area contributed by atoms with E-state index in [1.54, 1.807) is 10.6 Å². The lowest BCUT2D eigenvalue weighted by molar-refractivity contribution is 0.289. The van der Waals surface area contributed by atoms with Crippen molar-refractivity contribution >= 4 is 17.4 Å². The van der Waals surface area contributed by atoms with E-state index in [2.05, 4.69) is 14.9 Å². The molecule has 0 amide bonds. The highest BCUT2D eigenvalue weighted by Gasteiger charge is 2.32. The van der Waals surface area contributed by atoms with E-state index in [9.17, 15) is 13.6 Å². The summed E-state index contributed by atoms with van der Waals surface area (Å²) in [6.45, 7) is 1.35. The van der Waals surface area contributed by atoms with E-state index < -0.39 is 17.4 Å². The van der Waals surface area contributed by atoms with Crippen LogP contribution in [0, 0.1) is 11.6 Å². The van der Waals surface area contributed by atoms with Gasteiger partial charge in [0.1, 0.15) is 23.3 Å². The molecule has 0 bridgehead atoms. The maximum Gasteiger partial charge on any atom is 0.352 e. The van der Waals surface area contributed by atoms with Gasteiger partial charge in [0, 0.05) is 37.5 Å². The zero-order chi connectivity index (χ0) is 22.2. The molecule has 1 atom stereocenters. The van der Waals surface area contributed by atoms with Gasteiger partial charge in [-0.3, -0.25) is 4.57 Å². The monoisotopic (exact) mass is 460 g/mol. The number of anilines is 1. The van der Waals surface area contributed by atoms with Crippen molar-refractivity contribution in [3.05, 3.63) is 69.4 Å². The molecule has 1 fully saturated rings. The van der Waals surface area contributed by atoms with E-state index in [-0.39, 0.29) is 34.6 Å². The molecule has 7 nitrogen and oxygen atoms in total. The summed E-state index contributed by atoms with van der Waals surface area (Å²) < 4.78 is 41.6. The summed E-state index contributed by atoms with van der Waals surface area (Å²) in [5.74, 6) is -1.28. The van der Waals surface area contributed by atoms with Crippen molar-refractivity contribution in [2.75, 3.05) is 11.4 Å². The van der Waals surface area contributed by atoms with Crippen LogP contribution in [0.15, 0.2) is 41.3 Å². The molecule has 3 aromatic rings. The fourth-order valence-corrected chi connectivity index (χ4v) is 4.34. The highest BCUT2D eigenvalue weighted by Crippen LogP contribution is 2.33. The molecule has 1 unspecified atom stereocenters. The second-order valence-electron chi connectivity index (χ2n) is 7.78. The van der Waals surface area contributed by atoms with E-state index in [4.69, 9.17) is 21.1 Å². The molecule has 0 spiro atoms. The molecular formula is C22H19ClF2N4O3. The second kappa shape index (κ2) is 8.38. The number of ether oxygens (including phenoxy) is 2. The van der Waals surface area contributed by atoms with Gasteiger partial charge in [-0.1, -0.05) is 11.6 Å². The molecule has 1 aromatic carbocycles. The van der Waals surface area contributed by atoms with Crippen LogP contribution in [0.1, 0.15) is 24.8 Å². The summed E-state index contributed by atoms with van der Waals surface area (Å²) in [6, 6.07) is 7.03. The first-order valence-electron chi connectivity index (χ1n) is 10.3. The Hall–Kier alpha value is -3.20. The maximum atomic E-state index is 14.5. The molecule has 166 valence electrons. The lowest BCUT2D eigenvalue weighted by Gasteiger charge is -2.30. The Morgan fingerprint density at radius 3 is 2.75 bits per heavy atom. The number of halogens is 3. The van der Waals surface area contributed by atoms with Crippen molar-refractivity contribution in [1.82, 2.24) is 14.5 Å². The summed E-state index contributed by atoms with van der Waals surface area (Å²) in [5, 5.41) is 0.141. The van der Waals surface area contributed by atoms with E-state index in [0.717, 1.165) is 43.8 Å². The molecule has 0 radical (unpaired) electrons. The predicted molar refractivity (Wildman–Crippen MR) is 113 cm³/mol. The SMILES string of the molecule is O=c1nc(OCc2cc(F)c(Oc3ccnc(Cl)c3)c(F)c2)cc2n1CC1CCCCN21. The molecule has 1 saturated heterocycles. The Bertz CT molecular complexity index is 1210. The van der Waals surface area contributed by atoms with Gasteiger partial charge in [0.25, 0.3) is 0 Å². The lowest BCUT2D eigenvalue weighted by atomic mass is 10.0. The van der Waals surface area contributed by atoms with Crippen LogP contribution in [-0.4, -0.2) is 27.1 Å². The summed E-state index contributed by atoms with van der Waals surface area (Å²) in [5.41, 5.74) is -0.151. The van der Waals surface area contributed by atoms with E-state index >= 15 is 0 Å². The molecule has 0 saturated carbocycles. The minimum absolute atomic E-state index is 0.125. The van der Waals surface area contributed by atoms with E-state index in [1.807, 2.05) is 0 Å². The van der Waals surface area contributed by atoms with Crippen LogP contribution in [0.4, 0.5) is 14.6 Å². The van der Waals surface area contributed by atoms with Gasteiger partial charge < -0.3 is 14.4 Å². The van der Waals surface area contributed by atoms with Gasteiger partial charge in [0.15, 0.2) is 17.4 Å². The summed E-state index contributed by atoms with van der Waals surface area (Å²) >= 11 is 5.77. The Labute approximate surface area is 187 Å². The van der Waals surface area contributed by atoms with Gasteiger partial charge in [-0.2, -0.15) is 4.98 Å². The number of nitrogens with zero attached hydrogens (tertiary/aromatic N) is 4. The Kier molecular flexibility index (Phi) is 5.42. The number of aromatic nitrogens is 3. The van der Waals surface area contributed by atoms with Crippen LogP contribution in [0.25, 0.3) is 0 Å². The molecular weight excluding hydrogens is 442 g/mol. The first-order chi connectivity index (χ1) is 15.5. The van der Waals surface area contributed by atoms with Crippen molar-refractivity contribution < 1.29 is 18.3 Å². The van der Waals surface area contributed by atoms with Gasteiger partial charge in [0.2, 0.25) is 5.88 Å². The molecule has 0 N–H and O–H groups in total. The molecule has 32 heavy (non-hydrogen) atoms. The number of rotatable bonds is 5. The lowest BCUT2D eigenvalue weighted by Crippen LogP contribution is -2.36. The third-order valence-corrected chi connectivity index (χ3v) is 5.85. The summed E-state index contributed by atoms with van der Waals surface area (Å²) in [6.07, 6.45) is 4.62. The van der Waals surface area contributed by atoms with Crippen LogP contribution in [0.2, 0.25) is 5.15 Å². The fraction of sp³-hybridized carbons (Fsp3) is 0.318.